The van der Waals surface area contributed by atoms with Crippen LogP contribution >= 0.6 is 11.6 Å². The number of halogens is 1. The molecule has 0 aromatic carbocycles. The zero-order chi connectivity index (χ0) is 17.4. The summed E-state index contributed by atoms with van der Waals surface area (Å²) in [7, 11) is 0. The molecule has 4 heterocycles. The Morgan fingerprint density at radius 1 is 1.08 bits per heavy atom. The molecule has 0 radical (unpaired) electrons. The van der Waals surface area contributed by atoms with Crippen molar-refractivity contribution in [2.24, 2.45) is 0 Å². The largest absolute Gasteiger partial charge is 0.272 e. The summed E-state index contributed by atoms with van der Waals surface area (Å²) in [6.45, 7) is 4.92. The van der Waals surface area contributed by atoms with Gasteiger partial charge in [-0.3, -0.25) is 14.6 Å². The van der Waals surface area contributed by atoms with Crippen molar-refractivity contribution in [1.29, 1.82) is 0 Å². The summed E-state index contributed by atoms with van der Waals surface area (Å²) in [6.07, 6.45) is 7.53. The van der Waals surface area contributed by atoms with Gasteiger partial charge in [0, 0.05) is 48.0 Å². The van der Waals surface area contributed by atoms with Crippen LogP contribution in [0.15, 0.2) is 49.1 Å². The van der Waals surface area contributed by atoms with E-state index >= 15 is 0 Å². The molecule has 0 N–H and O–H groups in total. The maximum atomic E-state index is 6.03. The van der Waals surface area contributed by atoms with E-state index < -0.39 is 0 Å². The molecule has 0 aliphatic rings. The lowest BCUT2D eigenvalue weighted by Crippen LogP contribution is -1.94. The lowest BCUT2D eigenvalue weighted by molar-refractivity contribution is 0.662. The highest BCUT2D eigenvalue weighted by Gasteiger charge is 2.16. The van der Waals surface area contributed by atoms with Crippen molar-refractivity contribution in [3.63, 3.8) is 0 Å². The Labute approximate surface area is 150 Å². The van der Waals surface area contributed by atoms with Crippen LogP contribution in [0.25, 0.3) is 33.4 Å². The summed E-state index contributed by atoms with van der Waals surface area (Å²) >= 11 is 6.03. The van der Waals surface area contributed by atoms with Crippen LogP contribution in [0, 0.1) is 6.92 Å². The maximum absolute atomic E-state index is 6.03. The third-order valence-electron chi connectivity index (χ3n) is 4.19. The van der Waals surface area contributed by atoms with E-state index in [0.29, 0.717) is 5.15 Å². The second-order valence-electron chi connectivity index (χ2n) is 5.83. The fourth-order valence-electron chi connectivity index (χ4n) is 2.83. The van der Waals surface area contributed by atoms with Crippen LogP contribution in [0.3, 0.4) is 0 Å². The van der Waals surface area contributed by atoms with Crippen LogP contribution < -0.4 is 0 Å². The van der Waals surface area contributed by atoms with Gasteiger partial charge in [-0.25, -0.2) is 4.98 Å². The Hall–Kier alpha value is -2.79. The first kappa shape index (κ1) is 15.7. The lowest BCUT2D eigenvalue weighted by atomic mass is 10.0. The van der Waals surface area contributed by atoms with Crippen molar-refractivity contribution >= 4 is 22.6 Å². The molecule has 0 spiro atoms. The van der Waals surface area contributed by atoms with E-state index in [1.807, 2.05) is 41.5 Å². The van der Waals surface area contributed by atoms with Crippen molar-refractivity contribution in [3.8, 4) is 22.4 Å². The van der Waals surface area contributed by atoms with Gasteiger partial charge in [-0.15, -0.1) is 0 Å². The van der Waals surface area contributed by atoms with Gasteiger partial charge < -0.3 is 0 Å². The Morgan fingerprint density at radius 3 is 2.76 bits per heavy atom. The highest BCUT2D eigenvalue weighted by atomic mass is 35.5. The fourth-order valence-corrected chi connectivity index (χ4v) is 2.99. The van der Waals surface area contributed by atoms with E-state index in [1.54, 1.807) is 12.3 Å². The number of rotatable bonds is 3. The lowest BCUT2D eigenvalue weighted by Gasteiger charge is -2.06. The van der Waals surface area contributed by atoms with Gasteiger partial charge in [-0.1, -0.05) is 11.6 Å². The second-order valence-corrected chi connectivity index (χ2v) is 6.22. The maximum Gasteiger partial charge on any atom is 0.129 e. The van der Waals surface area contributed by atoms with E-state index in [4.69, 9.17) is 16.7 Å². The summed E-state index contributed by atoms with van der Waals surface area (Å²) < 4.78 is 1.92. The van der Waals surface area contributed by atoms with Gasteiger partial charge in [0.25, 0.3) is 0 Å². The van der Waals surface area contributed by atoms with Crippen LogP contribution in [-0.4, -0.2) is 24.7 Å². The predicted molar refractivity (Wildman–Crippen MR) is 99.4 cm³/mol. The molecule has 4 aromatic heterocycles. The summed E-state index contributed by atoms with van der Waals surface area (Å²) in [4.78, 5) is 13.1. The van der Waals surface area contributed by atoms with Crippen molar-refractivity contribution in [3.05, 3.63) is 59.8 Å². The summed E-state index contributed by atoms with van der Waals surface area (Å²) in [5.74, 6) is 0. The van der Waals surface area contributed by atoms with E-state index in [1.165, 1.54) is 0 Å². The number of nitrogens with zero attached hydrogens (tertiary/aromatic N) is 5. The smallest absolute Gasteiger partial charge is 0.129 e. The molecule has 0 fully saturated rings. The molecule has 0 saturated heterocycles. The quantitative estimate of drug-likeness (QED) is 0.510. The molecule has 4 rings (SSSR count). The molecular formula is C19H16ClN5. The molecule has 5 nitrogen and oxygen atoms in total. The number of hydrogen-bond acceptors (Lipinski definition) is 4. The van der Waals surface area contributed by atoms with Gasteiger partial charge in [-0.05, 0) is 43.7 Å². The van der Waals surface area contributed by atoms with Crippen LogP contribution in [0.4, 0.5) is 0 Å². The van der Waals surface area contributed by atoms with Crippen LogP contribution in [0.2, 0.25) is 5.15 Å². The predicted octanol–water partition coefficient (Wildman–Crippen LogP) is 4.54. The van der Waals surface area contributed by atoms with Gasteiger partial charge in [-0.2, -0.15) is 5.10 Å². The zero-order valence-corrected chi connectivity index (χ0v) is 14.7. The first-order valence-corrected chi connectivity index (χ1v) is 8.44. The Bertz CT molecular complexity index is 1070. The molecule has 0 saturated carbocycles. The van der Waals surface area contributed by atoms with Gasteiger partial charge in [0.15, 0.2) is 0 Å². The zero-order valence-electron chi connectivity index (χ0n) is 13.9. The fraction of sp³-hybridized carbons (Fsp3) is 0.158. The van der Waals surface area contributed by atoms with Crippen LogP contribution in [-0.2, 0) is 6.54 Å². The molecule has 0 unspecified atom stereocenters. The Morgan fingerprint density at radius 2 is 1.96 bits per heavy atom. The SMILES string of the molecule is CCn1cc(-c2cnc3ccc(Cl)nc3c2)c(-c2cnccc2C)n1. The third-order valence-corrected chi connectivity index (χ3v) is 4.40. The van der Waals surface area contributed by atoms with Gasteiger partial charge in [0.1, 0.15) is 10.8 Å². The van der Waals surface area contributed by atoms with E-state index in [2.05, 4.69) is 28.8 Å². The van der Waals surface area contributed by atoms with Crippen molar-refractivity contribution in [2.45, 2.75) is 20.4 Å². The summed E-state index contributed by atoms with van der Waals surface area (Å²) in [6, 6.07) is 7.61. The van der Waals surface area contributed by atoms with Crippen molar-refractivity contribution in [1.82, 2.24) is 24.7 Å². The highest BCUT2D eigenvalue weighted by Crippen LogP contribution is 2.33. The second kappa shape index (κ2) is 6.26. The molecule has 25 heavy (non-hydrogen) atoms. The number of aryl methyl sites for hydroxylation is 2. The minimum Gasteiger partial charge on any atom is -0.272 e. The molecule has 0 aliphatic heterocycles. The summed E-state index contributed by atoms with van der Waals surface area (Å²) in [5.41, 5.74) is 6.60. The number of hydrogen-bond donors (Lipinski definition) is 0. The third kappa shape index (κ3) is 2.87. The van der Waals surface area contributed by atoms with Crippen LogP contribution in [0.1, 0.15) is 12.5 Å². The van der Waals surface area contributed by atoms with E-state index in [-0.39, 0.29) is 0 Å². The first-order valence-electron chi connectivity index (χ1n) is 8.07. The van der Waals surface area contributed by atoms with Crippen molar-refractivity contribution < 1.29 is 0 Å². The summed E-state index contributed by atoms with van der Waals surface area (Å²) in [5, 5.41) is 5.19. The average Bonchev–Trinajstić information content (AvgIpc) is 3.05. The standard InChI is InChI=1S/C19H16ClN5/c1-3-25-11-15(19(24-25)14-10-21-7-6-12(14)2)13-8-17-16(22-9-13)4-5-18(20)23-17/h4-11H,3H2,1-2H3. The molecule has 124 valence electrons. The normalized spacial score (nSPS) is 11.2. The van der Waals surface area contributed by atoms with Gasteiger partial charge in [0.2, 0.25) is 0 Å². The first-order chi connectivity index (χ1) is 12.2. The molecule has 0 bridgehead atoms. The molecule has 4 aromatic rings. The molecular weight excluding hydrogens is 334 g/mol. The highest BCUT2D eigenvalue weighted by molar-refractivity contribution is 6.29. The molecule has 0 amide bonds. The van der Waals surface area contributed by atoms with Crippen molar-refractivity contribution in [2.75, 3.05) is 0 Å². The number of pyridine rings is 3. The van der Waals surface area contributed by atoms with Gasteiger partial charge in [0.05, 0.1) is 11.0 Å². The Balaban J connectivity index is 1.93. The number of aromatic nitrogens is 5. The minimum atomic E-state index is 0.457. The topological polar surface area (TPSA) is 56.5 Å². The van der Waals surface area contributed by atoms with Gasteiger partial charge >= 0.3 is 0 Å². The molecule has 0 atom stereocenters. The number of fused-ring (bicyclic) bond motifs is 1. The molecule has 0 aliphatic carbocycles. The monoisotopic (exact) mass is 349 g/mol. The molecule has 6 heteroatoms. The minimum absolute atomic E-state index is 0.457. The van der Waals surface area contributed by atoms with Crippen LogP contribution in [0.5, 0.6) is 0 Å². The average molecular weight is 350 g/mol. The van der Waals surface area contributed by atoms with E-state index in [9.17, 15) is 0 Å². The van der Waals surface area contributed by atoms with E-state index in [0.717, 1.165) is 45.5 Å². The Kier molecular flexibility index (Phi) is 3.93.